The maximum Gasteiger partial charge on any atom is 0.249 e. The number of rotatable bonds is 8. The Morgan fingerprint density at radius 3 is 2.52 bits per heavy atom. The number of thiazole rings is 1. The zero-order valence-corrected chi connectivity index (χ0v) is 13.0. The van der Waals surface area contributed by atoms with Gasteiger partial charge in [0.05, 0.1) is 6.20 Å². The molecule has 0 aliphatic carbocycles. The topological polar surface area (TPSA) is 110 Å². The van der Waals surface area contributed by atoms with Crippen molar-refractivity contribution in [3.8, 4) is 0 Å². The maximum atomic E-state index is 11.1. The molecule has 2 heterocycles. The van der Waals surface area contributed by atoms with Gasteiger partial charge >= 0.3 is 0 Å². The molecule has 21 heavy (non-hydrogen) atoms. The van der Waals surface area contributed by atoms with Crippen LogP contribution in [0.4, 0.5) is 10.9 Å². The third-order valence-electron chi connectivity index (χ3n) is 2.62. The average Bonchev–Trinajstić information content (AvgIpc) is 2.93. The van der Waals surface area contributed by atoms with Crippen molar-refractivity contribution >= 4 is 32.3 Å². The van der Waals surface area contributed by atoms with E-state index in [1.165, 1.54) is 6.20 Å². The Bertz CT molecular complexity index is 657. The van der Waals surface area contributed by atoms with Gasteiger partial charge in [0, 0.05) is 19.3 Å². The van der Waals surface area contributed by atoms with E-state index < -0.39 is 10.0 Å². The Balaban J connectivity index is 1.63. The fourth-order valence-electron chi connectivity index (χ4n) is 1.60. The summed E-state index contributed by atoms with van der Waals surface area (Å²) in [5.74, 6) is 0.864. The first-order chi connectivity index (χ1) is 10.1. The molecule has 0 amide bonds. The van der Waals surface area contributed by atoms with Crippen molar-refractivity contribution in [2.75, 3.05) is 23.7 Å². The highest BCUT2D eigenvalue weighted by atomic mass is 32.2. The zero-order chi connectivity index (χ0) is 15.1. The molecule has 2 aromatic heterocycles. The molecule has 0 atom stereocenters. The van der Waals surface area contributed by atoms with Crippen LogP contribution >= 0.6 is 11.3 Å². The van der Waals surface area contributed by atoms with Crippen LogP contribution in [0.3, 0.4) is 0 Å². The predicted molar refractivity (Wildman–Crippen MR) is 83.9 cm³/mol. The lowest BCUT2D eigenvalue weighted by molar-refractivity contribution is 0.599. The highest BCUT2D eigenvalue weighted by Crippen LogP contribution is 2.21. The van der Waals surface area contributed by atoms with Gasteiger partial charge in [-0.2, -0.15) is 0 Å². The molecule has 0 aromatic carbocycles. The first-order valence-electron chi connectivity index (χ1n) is 6.43. The number of hydrogen-bond acceptors (Lipinski definition) is 7. The van der Waals surface area contributed by atoms with Gasteiger partial charge in [-0.25, -0.2) is 23.5 Å². The molecule has 0 spiro atoms. The summed E-state index contributed by atoms with van der Waals surface area (Å²) < 4.78 is 22.3. The quantitative estimate of drug-likeness (QED) is 0.634. The van der Waals surface area contributed by atoms with Gasteiger partial charge in [-0.3, -0.25) is 0 Å². The largest absolute Gasteiger partial charge is 0.370 e. The van der Waals surface area contributed by atoms with Gasteiger partial charge in [-0.15, -0.1) is 0 Å². The molecule has 2 rings (SSSR count). The molecule has 0 saturated carbocycles. The molecule has 114 valence electrons. The van der Waals surface area contributed by atoms with Crippen LogP contribution in [-0.2, 0) is 10.0 Å². The number of hydrogen-bond donors (Lipinski definition) is 3. The molecule has 7 nitrogen and oxygen atoms in total. The van der Waals surface area contributed by atoms with Gasteiger partial charge < -0.3 is 10.6 Å². The van der Waals surface area contributed by atoms with Crippen LogP contribution < -0.4 is 15.8 Å². The van der Waals surface area contributed by atoms with Crippen molar-refractivity contribution < 1.29 is 8.42 Å². The monoisotopic (exact) mass is 327 g/mol. The van der Waals surface area contributed by atoms with Crippen LogP contribution in [0, 0.1) is 0 Å². The summed E-state index contributed by atoms with van der Waals surface area (Å²) in [4.78, 5) is 8.14. The van der Waals surface area contributed by atoms with Crippen LogP contribution in [0.2, 0.25) is 0 Å². The summed E-state index contributed by atoms with van der Waals surface area (Å²) in [5.41, 5.74) is 0. The molecule has 0 bridgehead atoms. The minimum Gasteiger partial charge on any atom is -0.370 e. The van der Waals surface area contributed by atoms with E-state index in [2.05, 4.69) is 20.6 Å². The van der Waals surface area contributed by atoms with Crippen molar-refractivity contribution in [3.63, 3.8) is 0 Å². The normalized spacial score (nSPS) is 11.3. The SMILES string of the molecule is NS(=O)(=O)c1cnc(NCCCCNc2ccccn2)s1. The third kappa shape index (κ3) is 5.29. The summed E-state index contributed by atoms with van der Waals surface area (Å²) in [6, 6.07) is 5.73. The summed E-state index contributed by atoms with van der Waals surface area (Å²) in [7, 11) is -3.65. The highest BCUT2D eigenvalue weighted by molar-refractivity contribution is 7.91. The summed E-state index contributed by atoms with van der Waals surface area (Å²) in [6.07, 6.45) is 4.92. The van der Waals surface area contributed by atoms with E-state index in [1.807, 2.05) is 18.2 Å². The van der Waals surface area contributed by atoms with E-state index in [0.29, 0.717) is 5.13 Å². The Kier molecular flexibility index (Phi) is 5.48. The van der Waals surface area contributed by atoms with E-state index in [4.69, 9.17) is 5.14 Å². The molecule has 4 N–H and O–H groups in total. The Labute approximate surface area is 127 Å². The van der Waals surface area contributed by atoms with Gasteiger partial charge in [-0.1, -0.05) is 17.4 Å². The lowest BCUT2D eigenvalue weighted by atomic mass is 10.3. The second kappa shape index (κ2) is 7.34. The van der Waals surface area contributed by atoms with Gasteiger partial charge in [-0.05, 0) is 25.0 Å². The van der Waals surface area contributed by atoms with Crippen LogP contribution in [0.15, 0.2) is 34.8 Å². The molecule has 2 aromatic rings. The highest BCUT2D eigenvalue weighted by Gasteiger charge is 2.11. The van der Waals surface area contributed by atoms with Crippen LogP contribution in [0.1, 0.15) is 12.8 Å². The minimum atomic E-state index is -3.65. The van der Waals surface area contributed by atoms with Gasteiger partial charge in [0.25, 0.3) is 0 Å². The first kappa shape index (κ1) is 15.7. The summed E-state index contributed by atoms with van der Waals surface area (Å²) >= 11 is 1.04. The van der Waals surface area contributed by atoms with E-state index in [1.54, 1.807) is 6.20 Å². The van der Waals surface area contributed by atoms with Crippen molar-refractivity contribution in [2.45, 2.75) is 17.1 Å². The minimum absolute atomic E-state index is 0.0711. The van der Waals surface area contributed by atoms with Crippen molar-refractivity contribution in [2.24, 2.45) is 5.14 Å². The van der Waals surface area contributed by atoms with Crippen molar-refractivity contribution in [1.29, 1.82) is 0 Å². The van der Waals surface area contributed by atoms with Crippen LogP contribution in [-0.4, -0.2) is 31.5 Å². The Hall–Kier alpha value is -1.71. The number of sulfonamides is 1. The van der Waals surface area contributed by atoms with Gasteiger partial charge in [0.1, 0.15) is 5.82 Å². The lowest BCUT2D eigenvalue weighted by Gasteiger charge is -2.05. The van der Waals surface area contributed by atoms with Crippen LogP contribution in [0.25, 0.3) is 0 Å². The molecule has 9 heteroatoms. The van der Waals surface area contributed by atoms with Crippen molar-refractivity contribution in [1.82, 2.24) is 9.97 Å². The molecule has 0 aliphatic heterocycles. The van der Waals surface area contributed by atoms with Crippen LogP contribution in [0.5, 0.6) is 0 Å². The molecule has 0 unspecified atom stereocenters. The molecular weight excluding hydrogens is 310 g/mol. The second-order valence-electron chi connectivity index (χ2n) is 4.31. The summed E-state index contributed by atoms with van der Waals surface area (Å²) in [5, 5.41) is 11.9. The molecular formula is C12H17N5O2S2. The maximum absolute atomic E-state index is 11.1. The number of anilines is 2. The number of aromatic nitrogens is 2. The number of primary sulfonamides is 1. The standard InChI is InChI=1S/C12H17N5O2S2/c13-21(18,19)11-9-17-12(20-11)16-8-4-3-7-15-10-5-1-2-6-14-10/h1-2,5-6,9H,3-4,7-8H2,(H,14,15)(H,16,17)(H2,13,18,19). The average molecular weight is 327 g/mol. The van der Waals surface area contributed by atoms with Gasteiger partial charge in [0.2, 0.25) is 10.0 Å². The number of nitrogens with two attached hydrogens (primary N) is 1. The number of unbranched alkanes of at least 4 members (excludes halogenated alkanes) is 1. The first-order valence-corrected chi connectivity index (χ1v) is 8.79. The van der Waals surface area contributed by atoms with E-state index in [0.717, 1.165) is 43.1 Å². The van der Waals surface area contributed by atoms with E-state index >= 15 is 0 Å². The fourth-order valence-corrected chi connectivity index (χ4v) is 3.08. The van der Waals surface area contributed by atoms with E-state index in [9.17, 15) is 8.42 Å². The Morgan fingerprint density at radius 1 is 1.14 bits per heavy atom. The molecule has 0 fully saturated rings. The zero-order valence-electron chi connectivity index (χ0n) is 11.3. The van der Waals surface area contributed by atoms with Crippen molar-refractivity contribution in [3.05, 3.63) is 30.6 Å². The predicted octanol–water partition coefficient (Wildman–Crippen LogP) is 1.49. The van der Waals surface area contributed by atoms with Gasteiger partial charge in [0.15, 0.2) is 9.34 Å². The third-order valence-corrected chi connectivity index (χ3v) is 4.98. The summed E-state index contributed by atoms with van der Waals surface area (Å²) in [6.45, 7) is 1.56. The van der Waals surface area contributed by atoms with E-state index in [-0.39, 0.29) is 4.21 Å². The Morgan fingerprint density at radius 2 is 1.90 bits per heavy atom. The molecule has 0 saturated heterocycles. The molecule has 0 aliphatic rings. The smallest absolute Gasteiger partial charge is 0.249 e. The number of nitrogens with one attached hydrogen (secondary N) is 2. The fraction of sp³-hybridized carbons (Fsp3) is 0.333. The number of pyridine rings is 1. The number of nitrogens with zero attached hydrogens (tertiary/aromatic N) is 2. The second-order valence-corrected chi connectivity index (χ2v) is 7.12. The molecule has 0 radical (unpaired) electrons. The lowest BCUT2D eigenvalue weighted by Crippen LogP contribution is -2.10.